The summed E-state index contributed by atoms with van der Waals surface area (Å²) >= 11 is 0. The molecule has 0 aromatic heterocycles. The molecule has 0 heterocycles. The molecule has 0 aromatic carbocycles. The molecule has 4 heteroatoms. The van der Waals surface area contributed by atoms with Gasteiger partial charge in [0.25, 0.3) is 0 Å². The Morgan fingerprint density at radius 1 is 1.25 bits per heavy atom. The summed E-state index contributed by atoms with van der Waals surface area (Å²) in [6.45, 7) is 0. The average molecular weight is 301 g/mol. The van der Waals surface area contributed by atoms with Gasteiger partial charge in [0.2, 0.25) is 0 Å². The maximum absolute atomic E-state index is 0. The summed E-state index contributed by atoms with van der Waals surface area (Å²) in [6, 6.07) is 0. The zero-order valence-corrected chi connectivity index (χ0v) is 10.4. The van der Waals surface area contributed by atoms with Crippen molar-refractivity contribution in [2.45, 2.75) is 0 Å². The fourth-order valence-corrected chi connectivity index (χ4v) is 0. The molecule has 0 saturated heterocycles. The van der Waals surface area contributed by atoms with Gasteiger partial charge in [-0.15, -0.1) is 0 Å². The Hall–Kier alpha value is 3.15. The molecule has 0 aromatic rings. The molecule has 0 spiro atoms. The number of hydrogen-bond donors (Lipinski definition) is 0. The third kappa shape index (κ3) is 8.94. The van der Waals surface area contributed by atoms with Gasteiger partial charge in [-0.25, -0.2) is 0 Å². The van der Waals surface area contributed by atoms with Crippen LogP contribution in [0.15, 0.2) is 0 Å². The van der Waals surface area contributed by atoms with Gasteiger partial charge in [0.05, 0.1) is 0 Å². The van der Waals surface area contributed by atoms with Gasteiger partial charge in [-0.05, 0) is 0 Å². The van der Waals surface area contributed by atoms with E-state index >= 15 is 0 Å². The van der Waals surface area contributed by atoms with Gasteiger partial charge in [-0.1, -0.05) is 0 Å². The standard InChI is InChI=1S/La.Mn.H2O.Sr.2H/h;;1H2;;;/q;;;+2;2*-1. The summed E-state index contributed by atoms with van der Waals surface area (Å²) in [7, 11) is 0. The molecule has 0 saturated carbocycles. The Labute approximate surface area is 104 Å². The fourth-order valence-electron chi connectivity index (χ4n) is 0. The molecule has 0 amide bonds. The van der Waals surface area contributed by atoms with Crippen LogP contribution in [0.5, 0.6) is 0 Å². The first-order chi connectivity index (χ1) is 0. The van der Waals surface area contributed by atoms with Crippen LogP contribution in [0.4, 0.5) is 0 Å². The van der Waals surface area contributed by atoms with E-state index in [-0.39, 0.29) is 106 Å². The topological polar surface area (TPSA) is 31.5 Å². The van der Waals surface area contributed by atoms with E-state index in [9.17, 15) is 0 Å². The molecule has 0 aliphatic rings. The van der Waals surface area contributed by atoms with Crippen LogP contribution in [0.25, 0.3) is 0 Å². The normalized spacial score (nSPS) is 0. The van der Waals surface area contributed by atoms with Gasteiger partial charge in [-0.3, -0.25) is 0 Å². The average Bonchev–Trinajstić information content (AvgIpc) is 0. The van der Waals surface area contributed by atoms with Crippen LogP contribution in [0.1, 0.15) is 2.85 Å². The van der Waals surface area contributed by atoms with Crippen LogP contribution in [0.2, 0.25) is 0 Å². The minimum Gasteiger partial charge on any atom is -1.00 e. The molecule has 0 rings (SSSR count). The van der Waals surface area contributed by atoms with Gasteiger partial charge in [0.15, 0.2) is 0 Å². The molecule has 0 bridgehead atoms. The van der Waals surface area contributed by atoms with Crippen molar-refractivity contribution in [2.24, 2.45) is 0 Å². The van der Waals surface area contributed by atoms with Crippen LogP contribution in [0.3, 0.4) is 0 Å². The first-order valence-electron chi connectivity index (χ1n) is 0. The first-order valence-corrected chi connectivity index (χ1v) is 0. The van der Waals surface area contributed by atoms with E-state index in [0.717, 1.165) is 0 Å². The summed E-state index contributed by atoms with van der Waals surface area (Å²) in [4.78, 5) is 0. The molecule has 22 valence electrons. The van der Waals surface area contributed by atoms with Gasteiger partial charge in [0.1, 0.15) is 0 Å². The van der Waals surface area contributed by atoms with Crippen molar-refractivity contribution >= 4 is 45.5 Å². The third-order valence-electron chi connectivity index (χ3n) is 0. The summed E-state index contributed by atoms with van der Waals surface area (Å²) < 4.78 is 0. The van der Waals surface area contributed by atoms with E-state index in [4.69, 9.17) is 0 Å². The second-order valence-electron chi connectivity index (χ2n) is 0. The van der Waals surface area contributed by atoms with Crippen LogP contribution in [-0.4, -0.2) is 51.0 Å². The molecule has 4 heavy (non-hydrogen) atoms. The van der Waals surface area contributed by atoms with Crippen LogP contribution in [0, 0.1) is 35.6 Å². The fraction of sp³-hybridized carbons (Fsp3) is 0. The molecule has 0 aliphatic carbocycles. The molecule has 0 fully saturated rings. The van der Waals surface area contributed by atoms with E-state index in [2.05, 4.69) is 0 Å². The Bertz CT molecular complexity index is 13.5. The maximum atomic E-state index is 0. The summed E-state index contributed by atoms with van der Waals surface area (Å²) in [5.74, 6) is 0. The van der Waals surface area contributed by atoms with Crippen molar-refractivity contribution in [3.8, 4) is 0 Å². The molecule has 0 unspecified atom stereocenters. The van der Waals surface area contributed by atoms with E-state index in [1.165, 1.54) is 0 Å². The largest absolute Gasteiger partial charge is 2.00 e. The van der Waals surface area contributed by atoms with Crippen LogP contribution < -0.4 is 0 Å². The summed E-state index contributed by atoms with van der Waals surface area (Å²) in [5.41, 5.74) is 0. The van der Waals surface area contributed by atoms with Gasteiger partial charge < -0.3 is 8.33 Å². The second-order valence-corrected chi connectivity index (χ2v) is 0. The summed E-state index contributed by atoms with van der Waals surface area (Å²) in [6.07, 6.45) is 0. The molecular formula is H4LaMnOSr. The maximum Gasteiger partial charge on any atom is 2.00 e. The smallest absolute Gasteiger partial charge is 1.00 e. The predicted molar refractivity (Wildman–Crippen MR) is 11.6 cm³/mol. The predicted octanol–water partition coefficient (Wildman–Crippen LogP) is -0.983. The zero-order chi connectivity index (χ0) is 0. The van der Waals surface area contributed by atoms with Gasteiger partial charge in [0, 0.05) is 52.7 Å². The van der Waals surface area contributed by atoms with Gasteiger partial charge >= 0.3 is 45.5 Å². The van der Waals surface area contributed by atoms with Crippen molar-refractivity contribution < 1.29 is 61.0 Å². The molecule has 0 atom stereocenters. The molecule has 0 aliphatic heterocycles. The number of rotatable bonds is 0. The molecule has 1 nitrogen and oxygen atoms in total. The Balaban J connectivity index is 0. The molecular weight excluding hydrogens is 297 g/mol. The van der Waals surface area contributed by atoms with E-state index in [1.807, 2.05) is 0 Å². The monoisotopic (exact) mass is 302 g/mol. The quantitative estimate of drug-likeness (QED) is 0.515. The summed E-state index contributed by atoms with van der Waals surface area (Å²) in [5, 5.41) is 0. The van der Waals surface area contributed by atoms with Crippen molar-refractivity contribution in [1.82, 2.24) is 0 Å². The number of hydrogen-bond acceptors (Lipinski definition) is 0. The van der Waals surface area contributed by atoms with Crippen LogP contribution >= 0.6 is 0 Å². The van der Waals surface area contributed by atoms with E-state index in [0.29, 0.717) is 0 Å². The SMILES string of the molecule is O.[H-].[H-].[La].[Mn].[Sr+2]. The Morgan fingerprint density at radius 3 is 1.25 bits per heavy atom. The molecule has 2 N–H and O–H groups in total. The zero-order valence-electron chi connectivity index (χ0n) is 4.16. The van der Waals surface area contributed by atoms with E-state index in [1.54, 1.807) is 0 Å². The van der Waals surface area contributed by atoms with Crippen molar-refractivity contribution in [1.29, 1.82) is 0 Å². The van der Waals surface area contributed by atoms with Crippen LogP contribution in [-0.2, 0) is 17.1 Å². The van der Waals surface area contributed by atoms with E-state index < -0.39 is 0 Å². The second kappa shape index (κ2) is 16.4. The first kappa shape index (κ1) is 27.2. The van der Waals surface area contributed by atoms with Crippen molar-refractivity contribution in [3.05, 3.63) is 0 Å². The third-order valence-corrected chi connectivity index (χ3v) is 0. The minimum absolute atomic E-state index is 0. The minimum atomic E-state index is 0. The molecule has 2 radical (unpaired) electrons. The Morgan fingerprint density at radius 2 is 1.25 bits per heavy atom. The Kier molecular flexibility index (Phi) is 112. The van der Waals surface area contributed by atoms with Crippen molar-refractivity contribution in [2.75, 3.05) is 0 Å². The van der Waals surface area contributed by atoms with Crippen molar-refractivity contribution in [3.63, 3.8) is 0 Å². The van der Waals surface area contributed by atoms with Gasteiger partial charge in [-0.2, -0.15) is 0 Å².